The van der Waals surface area contributed by atoms with Crippen LogP contribution >= 0.6 is 0 Å². The van der Waals surface area contributed by atoms with E-state index in [4.69, 9.17) is 14.2 Å². The van der Waals surface area contributed by atoms with Crippen LogP contribution in [-0.4, -0.2) is 0 Å². The van der Waals surface area contributed by atoms with Gasteiger partial charge in [0.15, 0.2) is 0 Å². The van der Waals surface area contributed by atoms with Gasteiger partial charge in [0, 0.05) is 6.07 Å². The molecule has 6 aromatic rings. The molecule has 6 rings (SSSR count). The predicted molar refractivity (Wildman–Crippen MR) is 172 cm³/mol. The molecule has 0 aliphatic rings. The summed E-state index contributed by atoms with van der Waals surface area (Å²) in [5, 5.41) is 2.31. The highest BCUT2D eigenvalue weighted by molar-refractivity contribution is 5.87. The van der Waals surface area contributed by atoms with E-state index >= 15 is 0 Å². The Bertz CT molecular complexity index is 1700. The van der Waals surface area contributed by atoms with E-state index in [1.807, 2.05) is 78.9 Å². The smallest absolute Gasteiger partial charge is 0.124 e. The van der Waals surface area contributed by atoms with Crippen molar-refractivity contribution in [2.45, 2.75) is 19.8 Å². The minimum absolute atomic E-state index is 0.494. The number of hydrogen-bond donors (Lipinski definition) is 0. The lowest BCUT2D eigenvalue weighted by Crippen LogP contribution is -1.98. The van der Waals surface area contributed by atoms with Gasteiger partial charge in [0.25, 0.3) is 0 Å². The van der Waals surface area contributed by atoms with Gasteiger partial charge in [-0.05, 0) is 68.9 Å². The van der Waals surface area contributed by atoms with Crippen LogP contribution in [-0.2, 0) is 19.8 Å². The van der Waals surface area contributed by atoms with Gasteiger partial charge < -0.3 is 14.2 Å². The second-order valence-corrected chi connectivity index (χ2v) is 10.2. The molecule has 206 valence electrons. The van der Waals surface area contributed by atoms with Crippen molar-refractivity contribution in [2.24, 2.45) is 0 Å². The van der Waals surface area contributed by atoms with Crippen LogP contribution in [0, 0.1) is 0 Å². The first kappa shape index (κ1) is 26.9. The Hall–Kier alpha value is -5.28. The van der Waals surface area contributed by atoms with E-state index < -0.39 is 0 Å². The number of rotatable bonds is 11. The lowest BCUT2D eigenvalue weighted by molar-refractivity contribution is 0.290. The Morgan fingerprint density at radius 1 is 0.357 bits per heavy atom. The zero-order chi connectivity index (χ0) is 28.4. The van der Waals surface area contributed by atoms with Crippen LogP contribution < -0.4 is 14.2 Å². The van der Waals surface area contributed by atoms with E-state index in [-0.39, 0.29) is 0 Å². The molecule has 3 nitrogen and oxygen atoms in total. The Morgan fingerprint density at radius 2 is 0.810 bits per heavy atom. The predicted octanol–water partition coefficient (Wildman–Crippen LogP) is 9.75. The number of ether oxygens (including phenoxy) is 3. The Labute approximate surface area is 247 Å². The van der Waals surface area contributed by atoms with Gasteiger partial charge in [0.1, 0.15) is 37.1 Å². The van der Waals surface area contributed by atoms with E-state index in [0.717, 1.165) is 55.8 Å². The standard InChI is InChI=1S/C39H32O3/c1-4-10-31(11-5-1)27-40-37-21-20-35-22-30(18-19-36(35)25-37)16-17-34-23-38(41-28-32-12-6-2-7-13-32)26-39(24-34)42-29-33-14-8-3-9-15-33/h1-26H,27-29H2/b17-16+. The molecule has 6 aromatic carbocycles. The normalized spacial score (nSPS) is 11.0. The first-order valence-electron chi connectivity index (χ1n) is 14.1. The maximum atomic E-state index is 6.17. The van der Waals surface area contributed by atoms with E-state index in [0.29, 0.717) is 19.8 Å². The fourth-order valence-corrected chi connectivity index (χ4v) is 4.71. The van der Waals surface area contributed by atoms with Crippen molar-refractivity contribution in [1.82, 2.24) is 0 Å². The highest BCUT2D eigenvalue weighted by Gasteiger charge is 2.05. The van der Waals surface area contributed by atoms with Crippen molar-refractivity contribution in [2.75, 3.05) is 0 Å². The van der Waals surface area contributed by atoms with Crippen molar-refractivity contribution >= 4 is 22.9 Å². The average molecular weight is 549 g/mol. The van der Waals surface area contributed by atoms with Crippen molar-refractivity contribution in [3.8, 4) is 17.2 Å². The molecule has 0 radical (unpaired) electrons. The molecule has 0 spiro atoms. The lowest BCUT2D eigenvalue weighted by Gasteiger charge is -2.12. The van der Waals surface area contributed by atoms with Crippen LogP contribution in [0.2, 0.25) is 0 Å². The molecule has 0 N–H and O–H groups in total. The van der Waals surface area contributed by atoms with Gasteiger partial charge in [-0.25, -0.2) is 0 Å². The summed E-state index contributed by atoms with van der Waals surface area (Å²) in [5.41, 5.74) is 5.52. The first-order chi connectivity index (χ1) is 20.8. The molecule has 0 heterocycles. The van der Waals surface area contributed by atoms with Crippen LogP contribution in [0.4, 0.5) is 0 Å². The molecule has 0 aliphatic heterocycles. The third kappa shape index (κ3) is 7.47. The highest BCUT2D eigenvalue weighted by Crippen LogP contribution is 2.27. The van der Waals surface area contributed by atoms with Crippen LogP contribution in [0.25, 0.3) is 22.9 Å². The van der Waals surface area contributed by atoms with Crippen molar-refractivity contribution in [3.63, 3.8) is 0 Å². The maximum Gasteiger partial charge on any atom is 0.124 e. The first-order valence-corrected chi connectivity index (χ1v) is 14.1. The van der Waals surface area contributed by atoms with Gasteiger partial charge >= 0.3 is 0 Å². The summed E-state index contributed by atoms with van der Waals surface area (Å²) < 4.78 is 18.4. The minimum atomic E-state index is 0.494. The second-order valence-electron chi connectivity index (χ2n) is 10.2. The number of benzene rings is 6. The van der Waals surface area contributed by atoms with Gasteiger partial charge in [0.2, 0.25) is 0 Å². The molecular formula is C39H32O3. The molecule has 0 unspecified atom stereocenters. The summed E-state index contributed by atoms with van der Waals surface area (Å²) >= 11 is 0. The van der Waals surface area contributed by atoms with Gasteiger partial charge in [-0.2, -0.15) is 0 Å². The molecule has 0 saturated carbocycles. The Balaban J connectivity index is 1.18. The molecule has 3 heteroatoms. The molecule has 0 saturated heterocycles. The fourth-order valence-electron chi connectivity index (χ4n) is 4.71. The van der Waals surface area contributed by atoms with E-state index in [1.165, 1.54) is 0 Å². The number of hydrogen-bond acceptors (Lipinski definition) is 3. The molecule has 0 aromatic heterocycles. The molecule has 0 aliphatic carbocycles. The lowest BCUT2D eigenvalue weighted by atomic mass is 10.1. The molecule has 0 atom stereocenters. The molecule has 0 amide bonds. The van der Waals surface area contributed by atoms with Gasteiger partial charge in [0.05, 0.1) is 0 Å². The molecule has 0 fully saturated rings. The Kier molecular flexibility index (Phi) is 8.58. The monoisotopic (exact) mass is 548 g/mol. The highest BCUT2D eigenvalue weighted by atomic mass is 16.5. The Morgan fingerprint density at radius 3 is 1.36 bits per heavy atom. The quantitative estimate of drug-likeness (QED) is 0.151. The van der Waals surface area contributed by atoms with Gasteiger partial charge in [-0.3, -0.25) is 0 Å². The summed E-state index contributed by atoms with van der Waals surface area (Å²) in [4.78, 5) is 0. The summed E-state index contributed by atoms with van der Waals surface area (Å²) in [6.07, 6.45) is 4.22. The average Bonchev–Trinajstić information content (AvgIpc) is 3.06. The molecule has 0 bridgehead atoms. The van der Waals surface area contributed by atoms with Crippen LogP contribution in [0.1, 0.15) is 27.8 Å². The van der Waals surface area contributed by atoms with Crippen molar-refractivity contribution in [1.29, 1.82) is 0 Å². The van der Waals surface area contributed by atoms with Gasteiger partial charge in [-0.15, -0.1) is 0 Å². The number of fused-ring (bicyclic) bond motifs is 1. The van der Waals surface area contributed by atoms with Crippen LogP contribution in [0.3, 0.4) is 0 Å². The van der Waals surface area contributed by atoms with E-state index in [1.54, 1.807) is 0 Å². The third-order valence-corrected chi connectivity index (χ3v) is 6.95. The summed E-state index contributed by atoms with van der Waals surface area (Å²) in [6, 6.07) is 49.3. The zero-order valence-corrected chi connectivity index (χ0v) is 23.4. The van der Waals surface area contributed by atoms with Gasteiger partial charge in [-0.1, -0.05) is 121 Å². The molecule has 42 heavy (non-hydrogen) atoms. The summed E-state index contributed by atoms with van der Waals surface area (Å²) in [6.45, 7) is 1.54. The maximum absolute atomic E-state index is 6.17. The topological polar surface area (TPSA) is 27.7 Å². The summed E-state index contributed by atoms with van der Waals surface area (Å²) in [5.74, 6) is 2.40. The largest absolute Gasteiger partial charge is 0.489 e. The van der Waals surface area contributed by atoms with Crippen molar-refractivity contribution in [3.05, 3.63) is 173 Å². The minimum Gasteiger partial charge on any atom is -0.489 e. The van der Waals surface area contributed by atoms with Crippen LogP contribution in [0.5, 0.6) is 17.2 Å². The molecular weight excluding hydrogens is 516 g/mol. The zero-order valence-electron chi connectivity index (χ0n) is 23.4. The van der Waals surface area contributed by atoms with E-state index in [2.05, 4.69) is 78.9 Å². The van der Waals surface area contributed by atoms with Crippen molar-refractivity contribution < 1.29 is 14.2 Å². The SMILES string of the molecule is C(=C\c1ccc2cc(OCc3ccccc3)ccc2c1)/c1cc(OCc2ccccc2)cc(OCc2ccccc2)c1. The third-order valence-electron chi connectivity index (χ3n) is 6.95. The fraction of sp³-hybridized carbons (Fsp3) is 0.0769. The van der Waals surface area contributed by atoms with E-state index in [9.17, 15) is 0 Å². The summed E-state index contributed by atoms with van der Waals surface area (Å²) in [7, 11) is 0. The van der Waals surface area contributed by atoms with Crippen LogP contribution in [0.15, 0.2) is 146 Å². The second kappa shape index (κ2) is 13.4.